The van der Waals surface area contributed by atoms with E-state index in [4.69, 9.17) is 16.0 Å². The quantitative estimate of drug-likeness (QED) is 0.847. The van der Waals surface area contributed by atoms with Crippen LogP contribution in [0.25, 0.3) is 11.0 Å². The summed E-state index contributed by atoms with van der Waals surface area (Å²) in [4.78, 5) is 0. The van der Waals surface area contributed by atoms with Gasteiger partial charge in [0.25, 0.3) is 0 Å². The lowest BCUT2D eigenvalue weighted by Crippen LogP contribution is -2.33. The van der Waals surface area contributed by atoms with Crippen LogP contribution >= 0.6 is 24.0 Å². The summed E-state index contributed by atoms with van der Waals surface area (Å²) in [5.74, 6) is 0.547. The van der Waals surface area contributed by atoms with Gasteiger partial charge in [-0.05, 0) is 43.5 Å². The molecule has 1 N–H and O–H groups in total. The number of hydrogen-bond acceptors (Lipinski definition) is 2. The molecule has 0 amide bonds. The molecule has 2 aromatic rings. The maximum absolute atomic E-state index is 13.7. The van der Waals surface area contributed by atoms with Crippen LogP contribution in [0.2, 0.25) is 5.02 Å². The third-order valence-corrected chi connectivity index (χ3v) is 4.10. The van der Waals surface area contributed by atoms with Crippen LogP contribution in [0.1, 0.15) is 24.8 Å². The molecule has 0 bridgehead atoms. The molecular formula is C14H16Cl2FNO. The molecule has 0 spiro atoms. The summed E-state index contributed by atoms with van der Waals surface area (Å²) in [6.45, 7) is 4.09. The first-order valence-corrected chi connectivity index (χ1v) is 6.61. The van der Waals surface area contributed by atoms with E-state index in [-0.39, 0.29) is 18.2 Å². The molecule has 104 valence electrons. The van der Waals surface area contributed by atoms with Crippen LogP contribution in [0.4, 0.5) is 4.39 Å². The molecule has 19 heavy (non-hydrogen) atoms. The smallest absolute Gasteiger partial charge is 0.139 e. The zero-order valence-corrected chi connectivity index (χ0v) is 12.2. The van der Waals surface area contributed by atoms with Crippen LogP contribution in [0, 0.1) is 11.7 Å². The van der Waals surface area contributed by atoms with Crippen molar-refractivity contribution >= 4 is 35.0 Å². The highest BCUT2D eigenvalue weighted by Gasteiger charge is 2.26. The highest BCUT2D eigenvalue weighted by molar-refractivity contribution is 6.35. The van der Waals surface area contributed by atoms with Crippen molar-refractivity contribution < 1.29 is 8.81 Å². The average molecular weight is 304 g/mol. The molecule has 1 saturated heterocycles. The minimum absolute atomic E-state index is 0. The molecule has 3 rings (SSSR count). The summed E-state index contributed by atoms with van der Waals surface area (Å²) < 4.78 is 19.2. The Morgan fingerprint density at radius 2 is 2.21 bits per heavy atom. The molecule has 1 fully saturated rings. The first-order chi connectivity index (χ1) is 8.66. The van der Waals surface area contributed by atoms with Gasteiger partial charge in [0.2, 0.25) is 0 Å². The van der Waals surface area contributed by atoms with Gasteiger partial charge >= 0.3 is 0 Å². The standard InChI is InChI=1S/C14H15ClFNO.ClH/c1-8-6-17-3-2-10(8)11-4-9(16)5-12-13(15)7-18-14(11)12;/h4-5,7-8,10,17H,2-3,6H2,1H3;1H. The minimum Gasteiger partial charge on any atom is -0.462 e. The first kappa shape index (κ1) is 14.6. The summed E-state index contributed by atoms with van der Waals surface area (Å²) >= 11 is 6.02. The maximum Gasteiger partial charge on any atom is 0.139 e. The van der Waals surface area contributed by atoms with Crippen molar-refractivity contribution in [2.75, 3.05) is 13.1 Å². The molecule has 0 radical (unpaired) electrons. The van der Waals surface area contributed by atoms with E-state index in [9.17, 15) is 4.39 Å². The van der Waals surface area contributed by atoms with Gasteiger partial charge in [-0.1, -0.05) is 18.5 Å². The number of piperidine rings is 1. The zero-order valence-electron chi connectivity index (χ0n) is 10.6. The second kappa shape index (κ2) is 5.70. The molecule has 1 aliphatic rings. The number of furan rings is 1. The van der Waals surface area contributed by atoms with Crippen molar-refractivity contribution in [2.24, 2.45) is 5.92 Å². The lowest BCUT2D eigenvalue weighted by Gasteiger charge is -2.29. The SMILES string of the molecule is CC1CNCCC1c1cc(F)cc2c(Cl)coc12.Cl. The number of nitrogens with one attached hydrogen (secondary N) is 1. The Balaban J connectivity index is 0.00000133. The van der Waals surface area contributed by atoms with Gasteiger partial charge in [0.15, 0.2) is 0 Å². The molecule has 1 aromatic heterocycles. The lowest BCUT2D eigenvalue weighted by atomic mass is 9.82. The molecule has 5 heteroatoms. The Kier molecular flexibility index (Phi) is 4.39. The first-order valence-electron chi connectivity index (χ1n) is 6.23. The number of benzene rings is 1. The predicted molar refractivity (Wildman–Crippen MR) is 77.8 cm³/mol. The fourth-order valence-corrected chi connectivity index (χ4v) is 3.03. The van der Waals surface area contributed by atoms with Gasteiger partial charge in [-0.3, -0.25) is 0 Å². The van der Waals surface area contributed by atoms with E-state index < -0.39 is 0 Å². The van der Waals surface area contributed by atoms with Gasteiger partial charge < -0.3 is 9.73 Å². The van der Waals surface area contributed by atoms with Gasteiger partial charge in [0, 0.05) is 10.9 Å². The highest BCUT2D eigenvalue weighted by Crippen LogP contribution is 2.38. The number of hydrogen-bond donors (Lipinski definition) is 1. The number of halogens is 3. The van der Waals surface area contributed by atoms with E-state index in [1.54, 1.807) is 6.07 Å². The Morgan fingerprint density at radius 1 is 1.42 bits per heavy atom. The molecule has 0 saturated carbocycles. The molecule has 2 nitrogen and oxygen atoms in total. The van der Waals surface area contributed by atoms with E-state index in [2.05, 4.69) is 12.2 Å². The summed E-state index contributed by atoms with van der Waals surface area (Å²) in [5, 5.41) is 4.51. The number of rotatable bonds is 1. The van der Waals surface area contributed by atoms with E-state index >= 15 is 0 Å². The monoisotopic (exact) mass is 303 g/mol. The Labute approximate surface area is 122 Å². The van der Waals surface area contributed by atoms with Crippen LogP contribution in [0.15, 0.2) is 22.8 Å². The van der Waals surface area contributed by atoms with Crippen molar-refractivity contribution in [3.8, 4) is 0 Å². The summed E-state index contributed by atoms with van der Waals surface area (Å²) in [7, 11) is 0. The van der Waals surface area contributed by atoms with Crippen LogP contribution < -0.4 is 5.32 Å². The lowest BCUT2D eigenvalue weighted by molar-refractivity contribution is 0.348. The summed E-state index contributed by atoms with van der Waals surface area (Å²) in [6.07, 6.45) is 2.49. The average Bonchev–Trinajstić information content (AvgIpc) is 2.71. The Morgan fingerprint density at radius 3 is 2.95 bits per heavy atom. The topological polar surface area (TPSA) is 25.2 Å². The number of fused-ring (bicyclic) bond motifs is 1. The van der Waals surface area contributed by atoms with E-state index in [1.165, 1.54) is 12.3 Å². The van der Waals surface area contributed by atoms with Gasteiger partial charge in [-0.25, -0.2) is 4.39 Å². The van der Waals surface area contributed by atoms with E-state index in [0.29, 0.717) is 22.2 Å². The summed E-state index contributed by atoms with van der Waals surface area (Å²) in [5.41, 5.74) is 1.69. The van der Waals surface area contributed by atoms with Crippen molar-refractivity contribution in [3.05, 3.63) is 34.8 Å². The molecule has 2 atom stereocenters. The molecule has 2 unspecified atom stereocenters. The molecule has 1 aromatic carbocycles. The van der Waals surface area contributed by atoms with Crippen molar-refractivity contribution in [2.45, 2.75) is 19.3 Å². The van der Waals surface area contributed by atoms with Crippen LogP contribution in [0.3, 0.4) is 0 Å². The molecule has 1 aliphatic heterocycles. The second-order valence-electron chi connectivity index (χ2n) is 5.03. The third-order valence-electron chi connectivity index (χ3n) is 3.80. The van der Waals surface area contributed by atoms with Gasteiger partial charge in [0.05, 0.1) is 5.02 Å². The Hall–Kier alpha value is -0.770. The predicted octanol–water partition coefficient (Wildman–Crippen LogP) is 4.36. The van der Waals surface area contributed by atoms with E-state index in [0.717, 1.165) is 30.7 Å². The van der Waals surface area contributed by atoms with Gasteiger partial charge in [-0.2, -0.15) is 0 Å². The highest BCUT2D eigenvalue weighted by atomic mass is 35.5. The van der Waals surface area contributed by atoms with Crippen molar-refractivity contribution in [3.63, 3.8) is 0 Å². The zero-order chi connectivity index (χ0) is 12.7. The Bertz CT molecular complexity index is 584. The van der Waals surface area contributed by atoms with Crippen molar-refractivity contribution in [1.82, 2.24) is 5.32 Å². The fraction of sp³-hybridized carbons (Fsp3) is 0.429. The molecular weight excluding hydrogens is 288 g/mol. The van der Waals surface area contributed by atoms with Crippen LogP contribution in [0.5, 0.6) is 0 Å². The van der Waals surface area contributed by atoms with Crippen LogP contribution in [-0.2, 0) is 0 Å². The molecule has 0 aliphatic carbocycles. The minimum atomic E-state index is -0.244. The second-order valence-corrected chi connectivity index (χ2v) is 5.44. The normalized spacial score (nSPS) is 23.3. The summed E-state index contributed by atoms with van der Waals surface area (Å²) in [6, 6.07) is 3.03. The maximum atomic E-state index is 13.7. The third kappa shape index (κ3) is 2.60. The molecule has 2 heterocycles. The van der Waals surface area contributed by atoms with Crippen LogP contribution in [-0.4, -0.2) is 13.1 Å². The van der Waals surface area contributed by atoms with Gasteiger partial charge in [-0.15, -0.1) is 12.4 Å². The van der Waals surface area contributed by atoms with Crippen molar-refractivity contribution in [1.29, 1.82) is 0 Å². The largest absolute Gasteiger partial charge is 0.462 e. The van der Waals surface area contributed by atoms with Gasteiger partial charge in [0.1, 0.15) is 17.7 Å². The van der Waals surface area contributed by atoms with E-state index in [1.807, 2.05) is 0 Å². The fourth-order valence-electron chi connectivity index (χ4n) is 2.85.